The van der Waals surface area contributed by atoms with E-state index in [4.69, 9.17) is 5.21 Å². The number of nitrogens with zero attached hydrogens (tertiary/aromatic N) is 2. The Kier molecular flexibility index (Phi) is 6.67. The summed E-state index contributed by atoms with van der Waals surface area (Å²) in [7, 11) is -4.07. The van der Waals surface area contributed by atoms with Gasteiger partial charge >= 0.3 is 0 Å². The summed E-state index contributed by atoms with van der Waals surface area (Å²) in [5.41, 5.74) is 2.15. The van der Waals surface area contributed by atoms with Crippen LogP contribution in [0, 0.1) is 0 Å². The number of carbonyl (C=O) groups is 1. The molecule has 0 aliphatic rings. The Hall–Kier alpha value is -2.49. The number of phenolic OH excluding ortho intramolecular Hbond substituents is 1. The van der Waals surface area contributed by atoms with Crippen LogP contribution in [0.3, 0.4) is 0 Å². The Morgan fingerprint density at radius 1 is 1.27 bits per heavy atom. The van der Waals surface area contributed by atoms with Crippen molar-refractivity contribution in [3.8, 4) is 5.75 Å². The molecule has 0 unspecified atom stereocenters. The highest BCUT2D eigenvalue weighted by molar-refractivity contribution is 7.89. The number of hydrogen-bond donors (Lipinski definition) is 3. The van der Waals surface area contributed by atoms with Crippen LogP contribution in [0.5, 0.6) is 5.75 Å². The molecule has 0 bridgehead atoms. The van der Waals surface area contributed by atoms with E-state index in [-0.39, 0.29) is 23.6 Å². The first-order valence-electron chi connectivity index (χ1n) is 8.04. The lowest BCUT2D eigenvalue weighted by Gasteiger charge is -2.29. The molecule has 26 heavy (non-hydrogen) atoms. The molecule has 0 aliphatic heterocycles. The molecule has 1 atom stereocenters. The van der Waals surface area contributed by atoms with Gasteiger partial charge in [0.15, 0.2) is 0 Å². The first-order chi connectivity index (χ1) is 12.4. The van der Waals surface area contributed by atoms with Gasteiger partial charge in [-0.1, -0.05) is 19.4 Å². The van der Waals surface area contributed by atoms with Gasteiger partial charge in [-0.2, -0.15) is 4.31 Å². The van der Waals surface area contributed by atoms with E-state index in [1.54, 1.807) is 23.8 Å². The van der Waals surface area contributed by atoms with Crippen LogP contribution in [-0.4, -0.2) is 40.0 Å². The number of pyridine rings is 1. The third-order valence-corrected chi connectivity index (χ3v) is 5.70. The number of sulfonamides is 1. The number of carbonyl (C=O) groups excluding carboxylic acids is 1. The van der Waals surface area contributed by atoms with Crippen LogP contribution in [0.25, 0.3) is 0 Å². The summed E-state index contributed by atoms with van der Waals surface area (Å²) < 4.78 is 27.3. The van der Waals surface area contributed by atoms with Crippen LogP contribution >= 0.6 is 0 Å². The molecule has 1 aromatic carbocycles. The Morgan fingerprint density at radius 3 is 2.50 bits per heavy atom. The molecule has 2 rings (SSSR count). The number of aromatic nitrogens is 1. The summed E-state index contributed by atoms with van der Waals surface area (Å²) in [5, 5.41) is 18.5. The second-order valence-electron chi connectivity index (χ2n) is 5.69. The van der Waals surface area contributed by atoms with Gasteiger partial charge in [0.2, 0.25) is 10.0 Å². The first kappa shape index (κ1) is 19.8. The number of aromatic hydroxyl groups is 1. The standard InChI is InChI=1S/C17H21N3O5S/c1-2-4-16(17(22)19-23)20(12-13-5-3-10-18-11-13)26(24,25)15-8-6-14(21)7-9-15/h3,5-11,16,21,23H,2,4,12H2,1H3,(H,19,22)/t16-/m1/s1. The zero-order valence-electron chi connectivity index (χ0n) is 14.2. The van der Waals surface area contributed by atoms with E-state index in [2.05, 4.69) is 4.98 Å². The predicted octanol–water partition coefficient (Wildman–Crippen LogP) is 1.65. The van der Waals surface area contributed by atoms with E-state index in [1.807, 2.05) is 6.92 Å². The zero-order valence-corrected chi connectivity index (χ0v) is 15.1. The first-order valence-corrected chi connectivity index (χ1v) is 9.48. The fourth-order valence-electron chi connectivity index (χ4n) is 2.54. The molecule has 0 saturated carbocycles. The van der Waals surface area contributed by atoms with Gasteiger partial charge < -0.3 is 5.11 Å². The third-order valence-electron chi connectivity index (χ3n) is 3.83. The second-order valence-corrected chi connectivity index (χ2v) is 7.58. The van der Waals surface area contributed by atoms with Crippen molar-refractivity contribution in [2.24, 2.45) is 0 Å². The molecule has 1 heterocycles. The summed E-state index contributed by atoms with van der Waals surface area (Å²) in [5.74, 6) is -0.876. The lowest BCUT2D eigenvalue weighted by molar-refractivity contribution is -0.133. The van der Waals surface area contributed by atoms with Crippen molar-refractivity contribution in [3.05, 3.63) is 54.4 Å². The van der Waals surface area contributed by atoms with Gasteiger partial charge in [-0.15, -0.1) is 0 Å². The molecule has 0 aliphatic carbocycles. The number of hydrogen-bond acceptors (Lipinski definition) is 6. The fourth-order valence-corrected chi connectivity index (χ4v) is 4.15. The van der Waals surface area contributed by atoms with E-state index in [0.717, 1.165) is 4.31 Å². The molecular formula is C17H21N3O5S. The van der Waals surface area contributed by atoms with Gasteiger partial charge in [-0.05, 0) is 42.3 Å². The zero-order chi connectivity index (χ0) is 19.2. The highest BCUT2D eigenvalue weighted by Crippen LogP contribution is 2.24. The van der Waals surface area contributed by atoms with Crippen molar-refractivity contribution in [2.45, 2.75) is 37.2 Å². The normalized spacial score (nSPS) is 12.7. The van der Waals surface area contributed by atoms with Crippen LogP contribution in [0.15, 0.2) is 53.7 Å². The Balaban J connectivity index is 2.50. The molecule has 1 amide bonds. The lowest BCUT2D eigenvalue weighted by Crippen LogP contribution is -2.48. The minimum absolute atomic E-state index is 0.0639. The van der Waals surface area contributed by atoms with E-state index in [1.165, 1.54) is 30.5 Å². The Bertz CT molecular complexity index is 825. The van der Waals surface area contributed by atoms with E-state index in [9.17, 15) is 18.3 Å². The van der Waals surface area contributed by atoms with Crippen molar-refractivity contribution in [3.63, 3.8) is 0 Å². The topological polar surface area (TPSA) is 120 Å². The summed E-state index contributed by atoms with van der Waals surface area (Å²) in [6.45, 7) is 1.72. The van der Waals surface area contributed by atoms with Crippen molar-refractivity contribution in [1.82, 2.24) is 14.8 Å². The van der Waals surface area contributed by atoms with Gasteiger partial charge in [0.1, 0.15) is 11.8 Å². The number of phenols is 1. The van der Waals surface area contributed by atoms with Gasteiger partial charge in [-0.3, -0.25) is 15.0 Å². The summed E-state index contributed by atoms with van der Waals surface area (Å²) in [6, 6.07) is 7.32. The molecular weight excluding hydrogens is 358 g/mol. The molecule has 0 spiro atoms. The molecule has 3 N–H and O–H groups in total. The van der Waals surface area contributed by atoms with E-state index < -0.39 is 22.0 Å². The van der Waals surface area contributed by atoms with Crippen molar-refractivity contribution in [1.29, 1.82) is 0 Å². The Labute approximate surface area is 152 Å². The Morgan fingerprint density at radius 2 is 1.96 bits per heavy atom. The average molecular weight is 379 g/mol. The molecule has 0 saturated heterocycles. The molecule has 8 nitrogen and oxygen atoms in total. The third kappa shape index (κ3) is 4.57. The van der Waals surface area contributed by atoms with Gasteiger partial charge in [-0.25, -0.2) is 13.9 Å². The highest BCUT2D eigenvalue weighted by atomic mass is 32.2. The number of benzene rings is 1. The fraction of sp³-hybridized carbons (Fsp3) is 0.294. The molecule has 9 heteroatoms. The summed E-state index contributed by atoms with van der Waals surface area (Å²) in [4.78, 5) is 16.0. The molecule has 0 fully saturated rings. The van der Waals surface area contributed by atoms with Gasteiger partial charge in [0.05, 0.1) is 4.90 Å². The maximum absolute atomic E-state index is 13.1. The molecule has 1 aromatic heterocycles. The largest absolute Gasteiger partial charge is 0.508 e. The maximum Gasteiger partial charge on any atom is 0.261 e. The quantitative estimate of drug-likeness (QED) is 0.474. The van der Waals surface area contributed by atoms with Crippen LogP contribution in [0.4, 0.5) is 0 Å². The number of nitrogens with one attached hydrogen (secondary N) is 1. The van der Waals surface area contributed by atoms with Crippen LogP contribution in [0.1, 0.15) is 25.3 Å². The minimum Gasteiger partial charge on any atom is -0.508 e. The van der Waals surface area contributed by atoms with Gasteiger partial charge in [0.25, 0.3) is 5.91 Å². The number of rotatable bonds is 8. The minimum atomic E-state index is -4.07. The molecule has 2 aromatic rings. The molecule has 0 radical (unpaired) electrons. The van der Waals surface area contributed by atoms with Crippen LogP contribution in [0.2, 0.25) is 0 Å². The highest BCUT2D eigenvalue weighted by Gasteiger charge is 2.35. The smallest absolute Gasteiger partial charge is 0.261 e. The van der Waals surface area contributed by atoms with Crippen molar-refractivity contribution >= 4 is 15.9 Å². The van der Waals surface area contributed by atoms with Crippen molar-refractivity contribution in [2.75, 3.05) is 0 Å². The lowest BCUT2D eigenvalue weighted by atomic mass is 10.1. The van der Waals surface area contributed by atoms with Crippen LogP contribution in [-0.2, 0) is 21.4 Å². The number of amides is 1. The predicted molar refractivity (Wildman–Crippen MR) is 93.7 cm³/mol. The van der Waals surface area contributed by atoms with E-state index >= 15 is 0 Å². The summed E-state index contributed by atoms with van der Waals surface area (Å²) in [6.07, 6.45) is 3.84. The SMILES string of the molecule is CCC[C@H](C(=O)NO)N(Cc1cccnc1)S(=O)(=O)c1ccc(O)cc1. The maximum atomic E-state index is 13.1. The van der Waals surface area contributed by atoms with Crippen LogP contribution < -0.4 is 5.48 Å². The average Bonchev–Trinajstić information content (AvgIpc) is 2.65. The second kappa shape index (κ2) is 8.75. The summed E-state index contributed by atoms with van der Waals surface area (Å²) >= 11 is 0. The van der Waals surface area contributed by atoms with Gasteiger partial charge in [0, 0.05) is 18.9 Å². The van der Waals surface area contributed by atoms with E-state index in [0.29, 0.717) is 12.0 Å². The molecule has 140 valence electrons. The number of hydroxylamine groups is 1. The van der Waals surface area contributed by atoms with Crippen molar-refractivity contribution < 1.29 is 23.5 Å². The monoisotopic (exact) mass is 379 g/mol.